The summed E-state index contributed by atoms with van der Waals surface area (Å²) in [6, 6.07) is 25.0. The molecule has 1 amide bonds. The van der Waals surface area contributed by atoms with Crippen LogP contribution in [0.25, 0.3) is 10.8 Å². The molecule has 0 aromatic heterocycles. The van der Waals surface area contributed by atoms with Gasteiger partial charge in [-0.1, -0.05) is 66.7 Å². The fraction of sp³-hybridized carbons (Fsp3) is 0.172. The Labute approximate surface area is 202 Å². The van der Waals surface area contributed by atoms with Crippen LogP contribution in [0.2, 0.25) is 0 Å². The Morgan fingerprint density at radius 2 is 1.71 bits per heavy atom. The first kappa shape index (κ1) is 22.6. The normalized spacial score (nSPS) is 15.0. The van der Waals surface area contributed by atoms with Crippen LogP contribution in [0.1, 0.15) is 28.3 Å². The summed E-state index contributed by atoms with van der Waals surface area (Å²) in [6.45, 7) is -0.100. The lowest BCUT2D eigenvalue weighted by Crippen LogP contribution is -2.41. The molecular weight excluding hydrogens is 445 g/mol. The second-order valence-electron chi connectivity index (χ2n) is 8.62. The highest BCUT2D eigenvalue weighted by Gasteiger charge is 2.34. The van der Waals surface area contributed by atoms with Gasteiger partial charge in [-0.15, -0.1) is 0 Å². The number of ether oxygens (including phenoxy) is 1. The number of aliphatic carboxylic acids is 1. The number of fused-ring (bicyclic) bond motifs is 2. The standard InChI is InChI=1S/C29H24FNO4/c30-22-12-13-26(35-18-28(33)34)25(17-22)29-24-11-4-2-7-20(24)14-15-31(29)27(32)16-21-9-5-8-19-6-1-3-10-23(19)21/h1-13,17,29H,14-16,18H2,(H,33,34). The molecule has 6 heteroatoms. The highest BCUT2D eigenvalue weighted by Crippen LogP contribution is 2.40. The third kappa shape index (κ3) is 4.60. The molecule has 1 aliphatic rings. The van der Waals surface area contributed by atoms with Crippen LogP contribution in [-0.2, 0) is 22.4 Å². The van der Waals surface area contributed by atoms with Crippen LogP contribution in [0.5, 0.6) is 5.75 Å². The van der Waals surface area contributed by atoms with Crippen molar-refractivity contribution in [1.82, 2.24) is 4.90 Å². The van der Waals surface area contributed by atoms with Crippen LogP contribution in [0, 0.1) is 5.82 Å². The van der Waals surface area contributed by atoms with E-state index in [1.165, 1.54) is 18.2 Å². The second-order valence-corrected chi connectivity index (χ2v) is 8.62. The maximum absolute atomic E-state index is 14.5. The molecule has 0 saturated heterocycles. The molecule has 0 bridgehead atoms. The highest BCUT2D eigenvalue weighted by molar-refractivity contribution is 5.90. The SMILES string of the molecule is O=C(O)COc1ccc(F)cc1C1c2ccccc2CCN1C(=O)Cc1cccc2ccccc12. The molecule has 1 heterocycles. The van der Waals surface area contributed by atoms with Crippen LogP contribution in [0.3, 0.4) is 0 Å². The van der Waals surface area contributed by atoms with Crippen molar-refractivity contribution in [3.05, 3.63) is 113 Å². The zero-order chi connectivity index (χ0) is 24.4. The third-order valence-electron chi connectivity index (χ3n) is 6.44. The molecule has 0 fully saturated rings. The summed E-state index contributed by atoms with van der Waals surface area (Å²) in [7, 11) is 0. The first-order valence-electron chi connectivity index (χ1n) is 11.5. The number of hydrogen-bond donors (Lipinski definition) is 1. The molecule has 5 rings (SSSR count). The Morgan fingerprint density at radius 1 is 0.943 bits per heavy atom. The maximum atomic E-state index is 14.5. The van der Waals surface area contributed by atoms with E-state index in [0.717, 1.165) is 27.5 Å². The van der Waals surface area contributed by atoms with E-state index >= 15 is 0 Å². The first-order chi connectivity index (χ1) is 17.0. The number of rotatable bonds is 6. The topological polar surface area (TPSA) is 66.8 Å². The van der Waals surface area contributed by atoms with Crippen molar-refractivity contribution < 1.29 is 23.8 Å². The van der Waals surface area contributed by atoms with Gasteiger partial charge in [-0.05, 0) is 52.1 Å². The van der Waals surface area contributed by atoms with E-state index in [0.29, 0.717) is 18.5 Å². The number of carboxylic acid groups (broad SMARTS) is 1. The second kappa shape index (κ2) is 9.58. The van der Waals surface area contributed by atoms with Gasteiger partial charge in [-0.25, -0.2) is 9.18 Å². The molecule has 1 atom stereocenters. The van der Waals surface area contributed by atoms with Crippen molar-refractivity contribution >= 4 is 22.6 Å². The predicted octanol–water partition coefficient (Wildman–Crippen LogP) is 5.16. The van der Waals surface area contributed by atoms with Gasteiger partial charge < -0.3 is 14.7 Å². The smallest absolute Gasteiger partial charge is 0.341 e. The fourth-order valence-electron chi connectivity index (χ4n) is 4.89. The molecule has 0 saturated carbocycles. The molecule has 0 spiro atoms. The molecule has 0 radical (unpaired) electrons. The van der Waals surface area contributed by atoms with Gasteiger partial charge in [0.25, 0.3) is 0 Å². The number of carbonyl (C=O) groups excluding carboxylic acids is 1. The lowest BCUT2D eigenvalue weighted by Gasteiger charge is -2.38. The van der Waals surface area contributed by atoms with Gasteiger partial charge in [0.15, 0.2) is 6.61 Å². The zero-order valence-corrected chi connectivity index (χ0v) is 19.0. The number of hydrogen-bond acceptors (Lipinski definition) is 3. The van der Waals surface area contributed by atoms with Crippen LogP contribution < -0.4 is 4.74 Å². The summed E-state index contributed by atoms with van der Waals surface area (Å²) in [4.78, 5) is 26.7. The van der Waals surface area contributed by atoms with Gasteiger partial charge in [0.2, 0.25) is 5.91 Å². The minimum absolute atomic E-state index is 0.0886. The monoisotopic (exact) mass is 469 g/mol. The summed E-state index contributed by atoms with van der Waals surface area (Å²) in [6.07, 6.45) is 0.870. The molecule has 4 aromatic carbocycles. The number of nitrogens with zero attached hydrogens (tertiary/aromatic N) is 1. The van der Waals surface area contributed by atoms with Crippen molar-refractivity contribution in [2.24, 2.45) is 0 Å². The summed E-state index contributed by atoms with van der Waals surface area (Å²) in [5.41, 5.74) is 3.31. The molecule has 35 heavy (non-hydrogen) atoms. The van der Waals surface area contributed by atoms with E-state index in [1.54, 1.807) is 4.90 Å². The number of carbonyl (C=O) groups is 2. The Bertz CT molecular complexity index is 1410. The quantitative estimate of drug-likeness (QED) is 0.424. The number of amides is 1. The largest absolute Gasteiger partial charge is 0.482 e. The van der Waals surface area contributed by atoms with Gasteiger partial charge in [-0.2, -0.15) is 0 Å². The Balaban J connectivity index is 1.56. The molecule has 1 unspecified atom stereocenters. The van der Waals surface area contributed by atoms with E-state index in [1.807, 2.05) is 66.7 Å². The van der Waals surface area contributed by atoms with E-state index < -0.39 is 24.4 Å². The van der Waals surface area contributed by atoms with E-state index in [4.69, 9.17) is 9.84 Å². The lowest BCUT2D eigenvalue weighted by molar-refractivity contribution is -0.139. The minimum Gasteiger partial charge on any atom is -0.482 e. The van der Waals surface area contributed by atoms with E-state index in [2.05, 4.69) is 0 Å². The molecule has 1 aliphatic heterocycles. The lowest BCUT2D eigenvalue weighted by atomic mass is 9.87. The third-order valence-corrected chi connectivity index (χ3v) is 6.44. The van der Waals surface area contributed by atoms with Crippen LogP contribution >= 0.6 is 0 Å². The van der Waals surface area contributed by atoms with Crippen LogP contribution in [0.15, 0.2) is 84.9 Å². The van der Waals surface area contributed by atoms with Crippen LogP contribution in [-0.4, -0.2) is 35.0 Å². The highest BCUT2D eigenvalue weighted by atomic mass is 19.1. The number of carboxylic acids is 1. The summed E-state index contributed by atoms with van der Waals surface area (Å²) in [5, 5.41) is 11.2. The predicted molar refractivity (Wildman–Crippen MR) is 131 cm³/mol. The molecule has 1 N–H and O–H groups in total. The van der Waals surface area contributed by atoms with Gasteiger partial charge in [0, 0.05) is 12.1 Å². The van der Waals surface area contributed by atoms with Crippen molar-refractivity contribution in [3.63, 3.8) is 0 Å². The molecular formula is C29H24FNO4. The Morgan fingerprint density at radius 3 is 2.57 bits per heavy atom. The summed E-state index contributed by atoms with van der Waals surface area (Å²) in [5.74, 6) is -1.45. The Hall–Kier alpha value is -4.19. The fourth-order valence-corrected chi connectivity index (χ4v) is 4.89. The van der Waals surface area contributed by atoms with Crippen molar-refractivity contribution in [2.75, 3.05) is 13.2 Å². The van der Waals surface area contributed by atoms with E-state index in [9.17, 15) is 14.0 Å². The van der Waals surface area contributed by atoms with Gasteiger partial charge in [0.1, 0.15) is 11.6 Å². The number of benzene rings is 4. The van der Waals surface area contributed by atoms with Gasteiger partial charge >= 0.3 is 5.97 Å². The van der Waals surface area contributed by atoms with Gasteiger partial charge in [-0.3, -0.25) is 4.79 Å². The maximum Gasteiger partial charge on any atom is 0.341 e. The average Bonchev–Trinajstić information content (AvgIpc) is 2.87. The average molecular weight is 470 g/mol. The summed E-state index contributed by atoms with van der Waals surface area (Å²) >= 11 is 0. The van der Waals surface area contributed by atoms with E-state index in [-0.39, 0.29) is 18.1 Å². The first-order valence-corrected chi connectivity index (χ1v) is 11.5. The molecule has 176 valence electrons. The Kier molecular flexibility index (Phi) is 6.19. The molecule has 0 aliphatic carbocycles. The summed E-state index contributed by atoms with van der Waals surface area (Å²) < 4.78 is 20.0. The van der Waals surface area contributed by atoms with Crippen LogP contribution in [0.4, 0.5) is 4.39 Å². The minimum atomic E-state index is -1.13. The zero-order valence-electron chi connectivity index (χ0n) is 19.0. The van der Waals surface area contributed by atoms with Gasteiger partial charge in [0.05, 0.1) is 12.5 Å². The van der Waals surface area contributed by atoms with Crippen molar-refractivity contribution in [1.29, 1.82) is 0 Å². The number of halogens is 1. The molecule has 5 nitrogen and oxygen atoms in total. The van der Waals surface area contributed by atoms with Crippen molar-refractivity contribution in [3.8, 4) is 5.75 Å². The van der Waals surface area contributed by atoms with Crippen molar-refractivity contribution in [2.45, 2.75) is 18.9 Å². The molecule has 4 aromatic rings.